The van der Waals surface area contributed by atoms with Gasteiger partial charge in [-0.15, -0.1) is 11.7 Å². The summed E-state index contributed by atoms with van der Waals surface area (Å²) in [5, 5.41) is 13.6. The van der Waals surface area contributed by atoms with Crippen LogP contribution >= 0.6 is 0 Å². The maximum atomic E-state index is 13.3. The van der Waals surface area contributed by atoms with Crippen molar-refractivity contribution in [2.45, 2.75) is 6.54 Å². The van der Waals surface area contributed by atoms with Gasteiger partial charge in [0.25, 0.3) is 11.9 Å². The molecule has 0 saturated heterocycles. The molecule has 1 N–H and O–H groups in total. The van der Waals surface area contributed by atoms with E-state index in [1.165, 1.54) is 23.0 Å². The number of benzene rings is 1. The van der Waals surface area contributed by atoms with Crippen LogP contribution in [0.4, 0.5) is 10.3 Å². The molecular weight excluding hydrogens is 265 g/mol. The van der Waals surface area contributed by atoms with Crippen LogP contribution in [0.2, 0.25) is 0 Å². The number of carbonyl (C=O) groups is 1. The number of tetrazole rings is 1. The molecule has 2 rings (SSSR count). The van der Waals surface area contributed by atoms with Crippen molar-refractivity contribution in [2.75, 3.05) is 11.9 Å². The molecule has 0 aliphatic carbocycles. The number of anilines is 1. The van der Waals surface area contributed by atoms with Crippen LogP contribution in [0.15, 0.2) is 36.9 Å². The van der Waals surface area contributed by atoms with Crippen molar-refractivity contribution in [1.29, 1.82) is 0 Å². The fourth-order valence-electron chi connectivity index (χ4n) is 1.35. The van der Waals surface area contributed by atoms with Gasteiger partial charge in [0.1, 0.15) is 0 Å². The molecule has 0 fully saturated rings. The number of nitrogens with zero attached hydrogens (tertiary/aromatic N) is 4. The summed E-state index contributed by atoms with van der Waals surface area (Å²) in [6.07, 6.45) is 1.59. The van der Waals surface area contributed by atoms with Gasteiger partial charge in [-0.05, 0) is 17.3 Å². The number of allylic oxidation sites excluding steroid dienone is 1. The van der Waals surface area contributed by atoms with Crippen LogP contribution in [0.1, 0.15) is 0 Å². The number of aromatic nitrogens is 4. The number of hydrogen-bond donors (Lipinski definition) is 1. The summed E-state index contributed by atoms with van der Waals surface area (Å²) < 4.78 is 18.3. The highest BCUT2D eigenvalue weighted by molar-refractivity contribution is 5.90. The van der Waals surface area contributed by atoms with Crippen LogP contribution in [0, 0.1) is 5.82 Å². The highest BCUT2D eigenvalue weighted by Gasteiger charge is 2.09. The number of rotatable bonds is 6. The van der Waals surface area contributed by atoms with Gasteiger partial charge in [0.2, 0.25) is 0 Å². The Labute approximate surface area is 114 Å². The van der Waals surface area contributed by atoms with Crippen molar-refractivity contribution in [2.24, 2.45) is 0 Å². The normalized spacial score (nSPS) is 10.1. The molecule has 0 atom stereocenters. The number of halogens is 1. The van der Waals surface area contributed by atoms with Crippen LogP contribution in [-0.2, 0) is 11.3 Å². The predicted octanol–water partition coefficient (Wildman–Crippen LogP) is 1.02. The molecule has 104 valence electrons. The first-order chi connectivity index (χ1) is 9.69. The number of para-hydroxylation sites is 1. The van der Waals surface area contributed by atoms with Crippen LogP contribution in [0.5, 0.6) is 5.75 Å². The summed E-state index contributed by atoms with van der Waals surface area (Å²) in [6, 6.07) is 5.82. The van der Waals surface area contributed by atoms with Gasteiger partial charge in [-0.1, -0.05) is 23.3 Å². The van der Waals surface area contributed by atoms with E-state index >= 15 is 0 Å². The number of amides is 1. The first kappa shape index (κ1) is 13.7. The summed E-state index contributed by atoms with van der Waals surface area (Å²) in [7, 11) is 0. The Morgan fingerprint density at radius 1 is 1.50 bits per heavy atom. The molecule has 1 heterocycles. The molecule has 20 heavy (non-hydrogen) atoms. The molecule has 1 amide bonds. The van der Waals surface area contributed by atoms with E-state index in [1.54, 1.807) is 12.1 Å². The van der Waals surface area contributed by atoms with Gasteiger partial charge in [-0.3, -0.25) is 10.1 Å². The Morgan fingerprint density at radius 2 is 2.30 bits per heavy atom. The first-order valence-electron chi connectivity index (χ1n) is 5.75. The predicted molar refractivity (Wildman–Crippen MR) is 68.5 cm³/mol. The molecule has 1 aromatic carbocycles. The van der Waals surface area contributed by atoms with E-state index in [9.17, 15) is 9.18 Å². The summed E-state index contributed by atoms with van der Waals surface area (Å²) in [5.74, 6) is -0.985. The topological polar surface area (TPSA) is 81.9 Å². The Bertz CT molecular complexity index is 613. The SMILES string of the molecule is C=CCn1nnc(NC(=O)COc2ccccc2F)n1. The zero-order valence-electron chi connectivity index (χ0n) is 10.5. The lowest BCUT2D eigenvalue weighted by molar-refractivity contribution is -0.118. The monoisotopic (exact) mass is 277 g/mol. The van der Waals surface area contributed by atoms with Crippen molar-refractivity contribution < 1.29 is 13.9 Å². The van der Waals surface area contributed by atoms with Gasteiger partial charge in [0.15, 0.2) is 18.2 Å². The average Bonchev–Trinajstić information content (AvgIpc) is 2.85. The fraction of sp³-hybridized carbons (Fsp3) is 0.167. The second kappa shape index (κ2) is 6.41. The third kappa shape index (κ3) is 3.61. The molecule has 2 aromatic rings. The van der Waals surface area contributed by atoms with Gasteiger partial charge >= 0.3 is 0 Å². The molecule has 0 bridgehead atoms. The molecular formula is C12H12FN5O2. The number of hydrogen-bond acceptors (Lipinski definition) is 5. The Kier molecular flexibility index (Phi) is 4.38. The van der Waals surface area contributed by atoms with Gasteiger partial charge in [0, 0.05) is 0 Å². The lowest BCUT2D eigenvalue weighted by Gasteiger charge is -2.05. The summed E-state index contributed by atoms with van der Waals surface area (Å²) in [5.41, 5.74) is 0. The van der Waals surface area contributed by atoms with E-state index in [4.69, 9.17) is 4.74 Å². The Morgan fingerprint density at radius 3 is 3.05 bits per heavy atom. The van der Waals surface area contributed by atoms with Crippen molar-refractivity contribution in [3.05, 3.63) is 42.7 Å². The lowest BCUT2D eigenvalue weighted by Crippen LogP contribution is -2.21. The third-order valence-electron chi connectivity index (χ3n) is 2.19. The smallest absolute Gasteiger partial charge is 0.270 e. The maximum absolute atomic E-state index is 13.3. The van der Waals surface area contributed by atoms with E-state index in [-0.39, 0.29) is 18.3 Å². The van der Waals surface area contributed by atoms with E-state index < -0.39 is 11.7 Å². The Hall–Kier alpha value is -2.77. The fourth-order valence-corrected chi connectivity index (χ4v) is 1.35. The van der Waals surface area contributed by atoms with Crippen molar-refractivity contribution in [1.82, 2.24) is 20.2 Å². The maximum Gasteiger partial charge on any atom is 0.270 e. The molecule has 0 unspecified atom stereocenters. The minimum Gasteiger partial charge on any atom is -0.481 e. The molecule has 0 aliphatic heterocycles. The summed E-state index contributed by atoms with van der Waals surface area (Å²) >= 11 is 0. The molecule has 0 spiro atoms. The zero-order chi connectivity index (χ0) is 14.4. The number of nitrogens with one attached hydrogen (secondary N) is 1. The van der Waals surface area contributed by atoms with Gasteiger partial charge in [-0.25, -0.2) is 4.39 Å². The molecule has 7 nitrogen and oxygen atoms in total. The summed E-state index contributed by atoms with van der Waals surface area (Å²) in [6.45, 7) is 3.56. The molecule has 1 aromatic heterocycles. The van der Waals surface area contributed by atoms with Crippen molar-refractivity contribution in [3.63, 3.8) is 0 Å². The average molecular weight is 277 g/mol. The lowest BCUT2D eigenvalue weighted by atomic mass is 10.3. The highest BCUT2D eigenvalue weighted by Crippen LogP contribution is 2.14. The number of ether oxygens (including phenoxy) is 1. The third-order valence-corrected chi connectivity index (χ3v) is 2.19. The van der Waals surface area contributed by atoms with Crippen LogP contribution in [0.3, 0.4) is 0 Å². The van der Waals surface area contributed by atoms with Crippen LogP contribution in [0.25, 0.3) is 0 Å². The molecule has 0 radical (unpaired) electrons. The van der Waals surface area contributed by atoms with Gasteiger partial charge in [-0.2, -0.15) is 4.80 Å². The standard InChI is InChI=1S/C12H12FN5O2/c1-2-7-18-16-12(15-17-18)14-11(19)8-20-10-6-4-3-5-9(10)13/h2-6H,1,7-8H2,(H,14,16,19). The van der Waals surface area contributed by atoms with Gasteiger partial charge < -0.3 is 4.74 Å². The minimum atomic E-state index is -0.532. The first-order valence-corrected chi connectivity index (χ1v) is 5.75. The van der Waals surface area contributed by atoms with Gasteiger partial charge in [0.05, 0.1) is 6.54 Å². The minimum absolute atomic E-state index is 0.00548. The van der Waals surface area contributed by atoms with Crippen molar-refractivity contribution >= 4 is 11.9 Å². The van der Waals surface area contributed by atoms with E-state index in [2.05, 4.69) is 27.3 Å². The van der Waals surface area contributed by atoms with Crippen LogP contribution < -0.4 is 10.1 Å². The number of carbonyl (C=O) groups excluding carboxylic acids is 1. The molecule has 0 saturated carbocycles. The summed E-state index contributed by atoms with van der Waals surface area (Å²) in [4.78, 5) is 12.8. The second-order valence-electron chi connectivity index (χ2n) is 3.72. The van der Waals surface area contributed by atoms with E-state index in [0.29, 0.717) is 6.54 Å². The molecule has 8 heteroatoms. The molecule has 0 aliphatic rings. The van der Waals surface area contributed by atoms with Crippen molar-refractivity contribution in [3.8, 4) is 5.75 Å². The van der Waals surface area contributed by atoms with Crippen LogP contribution in [-0.4, -0.2) is 32.7 Å². The zero-order valence-corrected chi connectivity index (χ0v) is 10.5. The van der Waals surface area contributed by atoms with E-state index in [1.807, 2.05) is 0 Å². The van der Waals surface area contributed by atoms with E-state index in [0.717, 1.165) is 0 Å². The largest absolute Gasteiger partial charge is 0.481 e. The quantitative estimate of drug-likeness (QED) is 0.797. The second-order valence-corrected chi connectivity index (χ2v) is 3.72. The Balaban J connectivity index is 1.86. The highest BCUT2D eigenvalue weighted by atomic mass is 19.1.